The number of ketones is 1. The molecule has 0 saturated heterocycles. The summed E-state index contributed by atoms with van der Waals surface area (Å²) >= 11 is 0. The minimum atomic E-state index is -0.334. The van der Waals surface area contributed by atoms with Crippen LogP contribution in [0.15, 0.2) is 11.6 Å². The third kappa shape index (κ3) is 4.25. The predicted molar refractivity (Wildman–Crippen MR) is 67.7 cm³/mol. The molecule has 0 fully saturated rings. The van der Waals surface area contributed by atoms with Gasteiger partial charge in [-0.25, -0.2) is 0 Å². The number of rotatable bonds is 5. The van der Waals surface area contributed by atoms with Gasteiger partial charge < -0.3 is 9.47 Å². The first-order valence-electron chi connectivity index (χ1n) is 6.34. The van der Waals surface area contributed by atoms with Crippen molar-refractivity contribution in [2.45, 2.75) is 59.4 Å². The van der Waals surface area contributed by atoms with Crippen LogP contribution in [-0.4, -0.2) is 24.3 Å². The molecule has 0 aliphatic heterocycles. The third-order valence-electron chi connectivity index (χ3n) is 3.28. The van der Waals surface area contributed by atoms with E-state index in [9.17, 15) is 4.79 Å². The van der Waals surface area contributed by atoms with Gasteiger partial charge in [-0.05, 0) is 53.0 Å². The summed E-state index contributed by atoms with van der Waals surface area (Å²) in [6, 6.07) is 0. The first kappa shape index (κ1) is 14.4. The van der Waals surface area contributed by atoms with E-state index in [1.165, 1.54) is 0 Å². The molecule has 0 saturated carbocycles. The number of hydrogen-bond acceptors (Lipinski definition) is 3. The van der Waals surface area contributed by atoms with E-state index in [0.29, 0.717) is 13.0 Å². The van der Waals surface area contributed by atoms with E-state index in [4.69, 9.17) is 9.47 Å². The van der Waals surface area contributed by atoms with Crippen molar-refractivity contribution in [3.8, 4) is 0 Å². The highest BCUT2D eigenvalue weighted by atomic mass is 16.7. The summed E-state index contributed by atoms with van der Waals surface area (Å²) in [5.74, 6) is 0.447. The highest BCUT2D eigenvalue weighted by molar-refractivity contribution is 5.91. The molecular weight excluding hydrogens is 216 g/mol. The molecule has 0 heterocycles. The molecule has 3 nitrogen and oxygen atoms in total. The molecule has 17 heavy (non-hydrogen) atoms. The van der Waals surface area contributed by atoms with E-state index >= 15 is 0 Å². The molecule has 98 valence electrons. The molecule has 2 unspecified atom stereocenters. The first-order valence-corrected chi connectivity index (χ1v) is 6.34. The van der Waals surface area contributed by atoms with Crippen LogP contribution in [0.1, 0.15) is 47.5 Å². The van der Waals surface area contributed by atoms with Crippen LogP contribution >= 0.6 is 0 Å². The van der Waals surface area contributed by atoms with Crippen LogP contribution < -0.4 is 0 Å². The van der Waals surface area contributed by atoms with Crippen molar-refractivity contribution < 1.29 is 14.3 Å². The summed E-state index contributed by atoms with van der Waals surface area (Å²) in [4.78, 5) is 11.6. The Morgan fingerprint density at radius 3 is 2.65 bits per heavy atom. The number of ether oxygens (including phenoxy) is 2. The Bertz CT molecular complexity index is 305. The number of carbonyl (C=O) groups is 1. The lowest BCUT2D eigenvalue weighted by molar-refractivity contribution is -0.206. The minimum absolute atomic E-state index is 0.208. The van der Waals surface area contributed by atoms with Gasteiger partial charge in [0.15, 0.2) is 12.1 Å². The van der Waals surface area contributed by atoms with E-state index in [2.05, 4.69) is 0 Å². The van der Waals surface area contributed by atoms with Crippen molar-refractivity contribution >= 4 is 5.78 Å². The average Bonchev–Trinajstić information content (AvgIpc) is 2.15. The minimum Gasteiger partial charge on any atom is -0.353 e. The van der Waals surface area contributed by atoms with Crippen LogP contribution in [0.5, 0.6) is 0 Å². The normalized spacial score (nSPS) is 23.5. The fourth-order valence-corrected chi connectivity index (χ4v) is 2.38. The molecule has 1 rings (SSSR count). The van der Waals surface area contributed by atoms with Crippen LogP contribution in [-0.2, 0) is 14.3 Å². The van der Waals surface area contributed by atoms with Crippen LogP contribution in [0.2, 0.25) is 0 Å². The van der Waals surface area contributed by atoms with Gasteiger partial charge in [0.1, 0.15) is 0 Å². The maximum Gasteiger partial charge on any atom is 0.156 e. The summed E-state index contributed by atoms with van der Waals surface area (Å²) in [5, 5.41) is 0. The van der Waals surface area contributed by atoms with Gasteiger partial charge in [-0.15, -0.1) is 0 Å². The fraction of sp³-hybridized carbons (Fsp3) is 0.786. The smallest absolute Gasteiger partial charge is 0.156 e. The maximum absolute atomic E-state index is 11.6. The van der Waals surface area contributed by atoms with Crippen molar-refractivity contribution in [1.29, 1.82) is 0 Å². The summed E-state index contributed by atoms with van der Waals surface area (Å²) in [6.07, 6.45) is 3.02. The van der Waals surface area contributed by atoms with Crippen LogP contribution in [0.3, 0.4) is 0 Å². The number of carbonyl (C=O) groups excluding carboxylic acids is 1. The molecule has 0 N–H and O–H groups in total. The summed E-state index contributed by atoms with van der Waals surface area (Å²) in [6.45, 7) is 10.6. The van der Waals surface area contributed by atoms with Gasteiger partial charge in [-0.1, -0.05) is 5.57 Å². The van der Waals surface area contributed by atoms with Crippen LogP contribution in [0.4, 0.5) is 0 Å². The molecule has 0 aromatic carbocycles. The standard InChI is InChI=1S/C14H24O3/c1-6-16-11(3)17-14(4,5)12-7-10(2)8-13(15)9-12/h8,11-12H,6-7,9H2,1-5H3. The van der Waals surface area contributed by atoms with Gasteiger partial charge in [0.25, 0.3) is 0 Å². The molecule has 1 aliphatic rings. The fourth-order valence-electron chi connectivity index (χ4n) is 2.38. The number of allylic oxidation sites excluding steroid dienone is 2. The summed E-state index contributed by atoms with van der Waals surface area (Å²) < 4.78 is 11.3. The van der Waals surface area contributed by atoms with E-state index in [-0.39, 0.29) is 23.6 Å². The van der Waals surface area contributed by atoms with Crippen molar-refractivity contribution in [2.24, 2.45) is 5.92 Å². The van der Waals surface area contributed by atoms with Gasteiger partial charge in [0.05, 0.1) is 5.60 Å². The lowest BCUT2D eigenvalue weighted by Crippen LogP contribution is -2.40. The molecule has 1 aliphatic carbocycles. The van der Waals surface area contributed by atoms with Gasteiger partial charge in [0.2, 0.25) is 0 Å². The van der Waals surface area contributed by atoms with Gasteiger partial charge >= 0.3 is 0 Å². The topological polar surface area (TPSA) is 35.5 Å². The van der Waals surface area contributed by atoms with Gasteiger partial charge in [-0.2, -0.15) is 0 Å². The Labute approximate surface area is 104 Å². The zero-order valence-electron chi connectivity index (χ0n) is 11.6. The lowest BCUT2D eigenvalue weighted by Gasteiger charge is -2.37. The van der Waals surface area contributed by atoms with Crippen molar-refractivity contribution in [1.82, 2.24) is 0 Å². The van der Waals surface area contributed by atoms with Crippen molar-refractivity contribution in [3.05, 3.63) is 11.6 Å². The van der Waals surface area contributed by atoms with Gasteiger partial charge in [-0.3, -0.25) is 4.79 Å². The quantitative estimate of drug-likeness (QED) is 0.693. The Kier molecular flexibility index (Phi) is 4.90. The largest absolute Gasteiger partial charge is 0.353 e. The second-order valence-corrected chi connectivity index (χ2v) is 5.31. The van der Waals surface area contributed by atoms with Crippen molar-refractivity contribution in [3.63, 3.8) is 0 Å². The molecule has 3 heteroatoms. The molecule has 0 spiro atoms. The molecule has 0 amide bonds. The zero-order valence-corrected chi connectivity index (χ0v) is 11.6. The molecule has 0 aromatic rings. The van der Waals surface area contributed by atoms with Crippen LogP contribution in [0, 0.1) is 5.92 Å². The van der Waals surface area contributed by atoms with Gasteiger partial charge in [0, 0.05) is 13.0 Å². The molecular formula is C14H24O3. The highest BCUT2D eigenvalue weighted by Gasteiger charge is 2.35. The molecule has 2 atom stereocenters. The zero-order chi connectivity index (χ0) is 13.1. The Hall–Kier alpha value is -0.670. The van der Waals surface area contributed by atoms with E-state index in [1.807, 2.05) is 34.6 Å². The summed E-state index contributed by atoms with van der Waals surface area (Å²) in [5.41, 5.74) is 0.812. The average molecular weight is 240 g/mol. The maximum atomic E-state index is 11.6. The highest BCUT2D eigenvalue weighted by Crippen LogP contribution is 2.34. The molecule has 0 aromatic heterocycles. The Morgan fingerprint density at radius 2 is 2.12 bits per heavy atom. The monoisotopic (exact) mass is 240 g/mol. The predicted octanol–water partition coefficient (Wildman–Crippen LogP) is 3.09. The summed E-state index contributed by atoms with van der Waals surface area (Å²) in [7, 11) is 0. The Morgan fingerprint density at radius 1 is 1.47 bits per heavy atom. The Balaban J connectivity index is 2.64. The molecule has 0 radical (unpaired) electrons. The second kappa shape index (κ2) is 5.78. The number of hydrogen-bond donors (Lipinski definition) is 0. The van der Waals surface area contributed by atoms with Crippen LogP contribution in [0.25, 0.3) is 0 Å². The SMILES string of the molecule is CCOC(C)OC(C)(C)C1CC(=O)C=C(C)C1. The third-order valence-corrected chi connectivity index (χ3v) is 3.28. The van der Waals surface area contributed by atoms with E-state index in [1.54, 1.807) is 6.08 Å². The lowest BCUT2D eigenvalue weighted by atomic mass is 9.78. The first-order chi connectivity index (χ1) is 7.85. The van der Waals surface area contributed by atoms with Crippen molar-refractivity contribution in [2.75, 3.05) is 6.61 Å². The van der Waals surface area contributed by atoms with E-state index in [0.717, 1.165) is 12.0 Å². The van der Waals surface area contributed by atoms with E-state index < -0.39 is 0 Å². The second-order valence-electron chi connectivity index (χ2n) is 5.31. The molecule has 0 bridgehead atoms.